The van der Waals surface area contributed by atoms with Crippen LogP contribution in [0.1, 0.15) is 35.6 Å². The van der Waals surface area contributed by atoms with Gasteiger partial charge in [0, 0.05) is 11.7 Å². The Labute approximate surface area is 127 Å². The lowest BCUT2D eigenvalue weighted by atomic mass is 9.85. The molecule has 0 spiro atoms. The second-order valence-electron chi connectivity index (χ2n) is 6.75. The van der Waals surface area contributed by atoms with Gasteiger partial charge < -0.3 is 5.32 Å². The van der Waals surface area contributed by atoms with Crippen LogP contribution in [0.2, 0.25) is 0 Å². The second-order valence-corrected chi connectivity index (χ2v) is 6.75. The fourth-order valence-corrected chi connectivity index (χ4v) is 3.93. The molecule has 2 aromatic rings. The van der Waals surface area contributed by atoms with E-state index in [2.05, 4.69) is 54.7 Å². The van der Waals surface area contributed by atoms with Gasteiger partial charge in [0.25, 0.3) is 0 Å². The Morgan fingerprint density at radius 2 is 1.86 bits per heavy atom. The van der Waals surface area contributed by atoms with Crippen LogP contribution in [0.4, 0.5) is 5.69 Å². The first-order chi connectivity index (χ1) is 10.3. The molecule has 0 radical (unpaired) electrons. The Morgan fingerprint density at radius 3 is 2.81 bits per heavy atom. The number of nitrogens with one attached hydrogen (secondary N) is 1. The highest BCUT2D eigenvalue weighted by Gasteiger charge is 2.24. The van der Waals surface area contributed by atoms with Crippen LogP contribution in [-0.4, -0.2) is 6.04 Å². The molecule has 1 aliphatic heterocycles. The van der Waals surface area contributed by atoms with Crippen molar-refractivity contribution in [2.24, 2.45) is 5.92 Å². The van der Waals surface area contributed by atoms with Gasteiger partial charge in [-0.3, -0.25) is 0 Å². The summed E-state index contributed by atoms with van der Waals surface area (Å²) in [5.74, 6) is 0.688. The molecule has 2 aliphatic rings. The van der Waals surface area contributed by atoms with Crippen LogP contribution in [0.5, 0.6) is 0 Å². The number of rotatable bonds is 2. The van der Waals surface area contributed by atoms with Crippen LogP contribution >= 0.6 is 0 Å². The Balaban J connectivity index is 1.55. The molecule has 2 unspecified atom stereocenters. The maximum Gasteiger partial charge on any atom is 0.0375 e. The van der Waals surface area contributed by atoms with E-state index in [1.807, 2.05) is 0 Å². The van der Waals surface area contributed by atoms with Gasteiger partial charge in [0.2, 0.25) is 0 Å². The summed E-state index contributed by atoms with van der Waals surface area (Å²) >= 11 is 0. The van der Waals surface area contributed by atoms with Gasteiger partial charge in [-0.2, -0.15) is 0 Å². The van der Waals surface area contributed by atoms with E-state index in [1.165, 1.54) is 42.5 Å². The molecule has 1 aliphatic carbocycles. The summed E-state index contributed by atoms with van der Waals surface area (Å²) in [7, 11) is 0. The first kappa shape index (κ1) is 12.9. The lowest BCUT2D eigenvalue weighted by molar-refractivity contribution is 0.461. The Bertz CT molecular complexity index is 659. The number of aryl methyl sites for hydroxylation is 2. The van der Waals surface area contributed by atoms with Crippen molar-refractivity contribution in [3.63, 3.8) is 0 Å². The minimum Gasteiger partial charge on any atom is -0.381 e. The van der Waals surface area contributed by atoms with E-state index in [4.69, 9.17) is 0 Å². The van der Waals surface area contributed by atoms with Gasteiger partial charge >= 0.3 is 0 Å². The molecule has 1 heterocycles. The smallest absolute Gasteiger partial charge is 0.0375 e. The molecule has 0 bridgehead atoms. The maximum absolute atomic E-state index is 3.76. The van der Waals surface area contributed by atoms with Crippen molar-refractivity contribution in [3.05, 3.63) is 64.7 Å². The topological polar surface area (TPSA) is 12.0 Å². The third-order valence-corrected chi connectivity index (χ3v) is 5.21. The first-order valence-corrected chi connectivity index (χ1v) is 8.25. The third kappa shape index (κ3) is 2.46. The van der Waals surface area contributed by atoms with Crippen LogP contribution in [-0.2, 0) is 25.7 Å². The maximum atomic E-state index is 3.76. The minimum absolute atomic E-state index is 0.555. The minimum atomic E-state index is 0.555. The Morgan fingerprint density at radius 1 is 1.00 bits per heavy atom. The van der Waals surface area contributed by atoms with Gasteiger partial charge in [-0.1, -0.05) is 43.3 Å². The van der Waals surface area contributed by atoms with Crippen molar-refractivity contribution in [2.75, 3.05) is 5.32 Å². The van der Waals surface area contributed by atoms with Crippen LogP contribution in [0.25, 0.3) is 0 Å². The van der Waals surface area contributed by atoms with E-state index in [0.717, 1.165) is 6.42 Å². The SMILES string of the molecule is CC1Cc2ccccc2NC1Cc1ccc2c(c1)CCC2. The summed E-state index contributed by atoms with van der Waals surface area (Å²) in [4.78, 5) is 0. The van der Waals surface area contributed by atoms with Gasteiger partial charge in [0.15, 0.2) is 0 Å². The molecular weight excluding hydrogens is 254 g/mol. The van der Waals surface area contributed by atoms with Gasteiger partial charge in [-0.05, 0) is 66.3 Å². The molecule has 0 fully saturated rings. The highest BCUT2D eigenvalue weighted by atomic mass is 14.9. The standard InChI is InChI=1S/C20H23N/c1-14-11-18-5-2-3-8-19(18)21-20(14)13-15-9-10-16-6-4-7-17(16)12-15/h2-3,5,8-10,12,14,20-21H,4,6-7,11,13H2,1H3. The quantitative estimate of drug-likeness (QED) is 0.858. The van der Waals surface area contributed by atoms with Crippen molar-refractivity contribution >= 4 is 5.69 Å². The molecule has 0 saturated carbocycles. The molecule has 2 atom stereocenters. The molecule has 2 aromatic carbocycles. The van der Waals surface area contributed by atoms with Gasteiger partial charge in [0.1, 0.15) is 0 Å². The second kappa shape index (κ2) is 5.22. The normalized spacial score (nSPS) is 23.3. The van der Waals surface area contributed by atoms with E-state index in [1.54, 1.807) is 11.1 Å². The van der Waals surface area contributed by atoms with Gasteiger partial charge in [0.05, 0.1) is 0 Å². The van der Waals surface area contributed by atoms with E-state index in [9.17, 15) is 0 Å². The monoisotopic (exact) mass is 277 g/mol. The zero-order valence-corrected chi connectivity index (χ0v) is 12.7. The average Bonchev–Trinajstić information content (AvgIpc) is 2.95. The summed E-state index contributed by atoms with van der Waals surface area (Å²) < 4.78 is 0. The number of benzene rings is 2. The van der Waals surface area contributed by atoms with Crippen molar-refractivity contribution in [2.45, 2.75) is 45.1 Å². The molecule has 0 saturated heterocycles. The van der Waals surface area contributed by atoms with Crippen molar-refractivity contribution in [3.8, 4) is 0 Å². The molecule has 108 valence electrons. The van der Waals surface area contributed by atoms with Gasteiger partial charge in [-0.25, -0.2) is 0 Å². The van der Waals surface area contributed by atoms with Gasteiger partial charge in [-0.15, -0.1) is 0 Å². The largest absolute Gasteiger partial charge is 0.381 e. The fraction of sp³-hybridized carbons (Fsp3) is 0.400. The molecule has 1 nitrogen and oxygen atoms in total. The van der Waals surface area contributed by atoms with E-state index >= 15 is 0 Å². The van der Waals surface area contributed by atoms with Crippen molar-refractivity contribution in [1.82, 2.24) is 0 Å². The number of anilines is 1. The molecule has 0 amide bonds. The zero-order chi connectivity index (χ0) is 14.2. The first-order valence-electron chi connectivity index (χ1n) is 8.25. The van der Waals surface area contributed by atoms with E-state index in [-0.39, 0.29) is 0 Å². The number of para-hydroxylation sites is 1. The third-order valence-electron chi connectivity index (χ3n) is 5.21. The highest BCUT2D eigenvalue weighted by Crippen LogP contribution is 2.30. The average molecular weight is 277 g/mol. The van der Waals surface area contributed by atoms with Crippen molar-refractivity contribution in [1.29, 1.82) is 0 Å². The summed E-state index contributed by atoms with van der Waals surface area (Å²) in [6, 6.07) is 16.5. The van der Waals surface area contributed by atoms with Crippen LogP contribution in [0.3, 0.4) is 0 Å². The molecule has 21 heavy (non-hydrogen) atoms. The summed E-state index contributed by atoms with van der Waals surface area (Å²) in [6.45, 7) is 2.38. The zero-order valence-electron chi connectivity index (χ0n) is 12.7. The summed E-state index contributed by atoms with van der Waals surface area (Å²) in [6.07, 6.45) is 6.23. The molecule has 4 rings (SSSR count). The van der Waals surface area contributed by atoms with E-state index < -0.39 is 0 Å². The van der Waals surface area contributed by atoms with Crippen molar-refractivity contribution < 1.29 is 0 Å². The van der Waals surface area contributed by atoms with E-state index in [0.29, 0.717) is 12.0 Å². The summed E-state index contributed by atoms with van der Waals surface area (Å²) in [5.41, 5.74) is 7.47. The predicted octanol–water partition coefficient (Wildman–Crippen LogP) is 4.39. The fourth-order valence-electron chi connectivity index (χ4n) is 3.93. The molecule has 1 heteroatoms. The highest BCUT2D eigenvalue weighted by molar-refractivity contribution is 5.54. The lowest BCUT2D eigenvalue weighted by Gasteiger charge is -2.33. The Hall–Kier alpha value is -1.76. The van der Waals surface area contributed by atoms with Crippen LogP contribution < -0.4 is 5.32 Å². The number of fused-ring (bicyclic) bond motifs is 2. The van der Waals surface area contributed by atoms with Crippen LogP contribution in [0.15, 0.2) is 42.5 Å². The predicted molar refractivity (Wildman–Crippen MR) is 88.9 cm³/mol. The molecular formula is C20H23N. The number of hydrogen-bond acceptors (Lipinski definition) is 1. The molecule has 0 aromatic heterocycles. The molecule has 1 N–H and O–H groups in total. The lowest BCUT2D eigenvalue weighted by Crippen LogP contribution is -2.35. The van der Waals surface area contributed by atoms with Crippen LogP contribution in [0, 0.1) is 5.92 Å². The summed E-state index contributed by atoms with van der Waals surface area (Å²) in [5, 5.41) is 3.76. The Kier molecular flexibility index (Phi) is 3.21. The number of hydrogen-bond donors (Lipinski definition) is 1.